The van der Waals surface area contributed by atoms with E-state index < -0.39 is 28.1 Å². The Kier molecular flexibility index (Phi) is 8.28. The first-order valence-corrected chi connectivity index (χ1v) is 15.2. The number of carbonyl (C=O) groups is 1. The van der Waals surface area contributed by atoms with Crippen molar-refractivity contribution in [1.29, 1.82) is 0 Å². The Morgan fingerprint density at radius 2 is 1.84 bits per heavy atom. The van der Waals surface area contributed by atoms with Crippen LogP contribution in [0.3, 0.4) is 0 Å². The van der Waals surface area contributed by atoms with Crippen LogP contribution in [0.25, 0.3) is 0 Å². The van der Waals surface area contributed by atoms with Crippen LogP contribution in [-0.4, -0.2) is 39.3 Å². The van der Waals surface area contributed by atoms with E-state index >= 15 is 0 Å². The molecular weight excluding hydrogens is 520 g/mol. The predicted molar refractivity (Wildman–Crippen MR) is 152 cm³/mol. The number of anilines is 1. The predicted octanol–water partition coefficient (Wildman–Crippen LogP) is 5.73. The Hall–Kier alpha value is -3.17. The minimum Gasteiger partial charge on any atom is -0.492 e. The average molecular weight is 555 g/mol. The second-order valence-corrected chi connectivity index (χ2v) is 12.6. The van der Waals surface area contributed by atoms with Gasteiger partial charge in [0.25, 0.3) is 10.0 Å². The van der Waals surface area contributed by atoms with Crippen LogP contribution in [0.2, 0.25) is 0 Å². The van der Waals surface area contributed by atoms with Crippen molar-refractivity contribution in [2.75, 3.05) is 23.7 Å². The number of ether oxygens (including phenoxy) is 2. The van der Waals surface area contributed by atoms with Crippen molar-refractivity contribution in [1.82, 2.24) is 5.32 Å². The lowest BCUT2D eigenvalue weighted by Gasteiger charge is -2.38. The smallest absolute Gasteiger partial charge is 0.264 e. The first-order valence-electron chi connectivity index (χ1n) is 12.5. The maximum atomic E-state index is 13.9. The quantitative estimate of drug-likeness (QED) is 0.340. The molecule has 1 heterocycles. The molecule has 1 aliphatic rings. The van der Waals surface area contributed by atoms with Crippen molar-refractivity contribution >= 4 is 33.4 Å². The van der Waals surface area contributed by atoms with Crippen molar-refractivity contribution in [3.05, 3.63) is 77.9 Å². The van der Waals surface area contributed by atoms with E-state index in [9.17, 15) is 13.2 Å². The van der Waals surface area contributed by atoms with Crippen molar-refractivity contribution < 1.29 is 22.7 Å². The zero-order valence-electron chi connectivity index (χ0n) is 22.4. The van der Waals surface area contributed by atoms with Gasteiger partial charge in [-0.1, -0.05) is 29.8 Å². The first kappa shape index (κ1) is 27.9. The molecule has 0 radical (unpaired) electrons. The van der Waals surface area contributed by atoms with Crippen LogP contribution in [-0.2, 0) is 14.8 Å². The van der Waals surface area contributed by atoms with Gasteiger partial charge in [0.15, 0.2) is 0 Å². The van der Waals surface area contributed by atoms with Crippen LogP contribution in [0.15, 0.2) is 76.5 Å². The summed E-state index contributed by atoms with van der Waals surface area (Å²) in [6.45, 7) is 7.71. The van der Waals surface area contributed by atoms with Gasteiger partial charge in [0, 0.05) is 16.9 Å². The van der Waals surface area contributed by atoms with Gasteiger partial charge < -0.3 is 14.8 Å². The minimum atomic E-state index is -4.09. The van der Waals surface area contributed by atoms with Gasteiger partial charge >= 0.3 is 0 Å². The van der Waals surface area contributed by atoms with Gasteiger partial charge in [-0.3, -0.25) is 9.10 Å². The summed E-state index contributed by atoms with van der Waals surface area (Å²) in [5.74, 6) is 0.688. The third kappa shape index (κ3) is 6.10. The Morgan fingerprint density at radius 3 is 2.53 bits per heavy atom. The van der Waals surface area contributed by atoms with Crippen molar-refractivity contribution in [3.63, 3.8) is 0 Å². The van der Waals surface area contributed by atoms with Gasteiger partial charge in [-0.25, -0.2) is 8.42 Å². The average Bonchev–Trinajstić information content (AvgIpc) is 2.88. The molecule has 4 rings (SSSR count). The normalized spacial score (nSPS) is 16.2. The Morgan fingerprint density at radius 1 is 1.13 bits per heavy atom. The van der Waals surface area contributed by atoms with Gasteiger partial charge in [0.2, 0.25) is 5.91 Å². The fourth-order valence-electron chi connectivity index (χ4n) is 4.59. The highest BCUT2D eigenvalue weighted by molar-refractivity contribution is 7.98. The summed E-state index contributed by atoms with van der Waals surface area (Å²) in [4.78, 5) is 14.6. The number of hydrogen-bond donors (Lipinski definition) is 1. The summed E-state index contributed by atoms with van der Waals surface area (Å²) in [5, 5.41) is 3.08. The van der Waals surface area contributed by atoms with Crippen molar-refractivity contribution in [2.24, 2.45) is 0 Å². The molecule has 202 valence electrons. The molecule has 0 fully saturated rings. The number of benzene rings is 3. The number of rotatable bonds is 9. The van der Waals surface area contributed by atoms with E-state index in [1.807, 2.05) is 52.1 Å². The van der Waals surface area contributed by atoms with E-state index in [0.29, 0.717) is 24.5 Å². The van der Waals surface area contributed by atoms with E-state index in [4.69, 9.17) is 9.47 Å². The first-order chi connectivity index (χ1) is 18.0. The zero-order valence-corrected chi connectivity index (χ0v) is 24.0. The lowest BCUT2D eigenvalue weighted by atomic mass is 9.89. The number of para-hydroxylation sites is 2. The summed E-state index contributed by atoms with van der Waals surface area (Å²) in [5.41, 5.74) is 1.75. The van der Waals surface area contributed by atoms with E-state index in [1.54, 1.807) is 48.5 Å². The number of carbonyl (C=O) groups excluding carboxylic acids is 1. The van der Waals surface area contributed by atoms with Crippen molar-refractivity contribution in [2.45, 2.75) is 55.5 Å². The van der Waals surface area contributed by atoms with Crippen LogP contribution in [0.4, 0.5) is 5.69 Å². The summed E-state index contributed by atoms with van der Waals surface area (Å²) in [6.07, 6.45) is 2.48. The molecular formula is C29H34N2O5S2. The fraction of sp³-hybridized carbons (Fsp3) is 0.345. The molecule has 3 aromatic rings. The number of fused-ring (bicyclic) bond motifs is 1. The molecule has 9 heteroatoms. The Labute approximate surface area is 229 Å². The topological polar surface area (TPSA) is 84.9 Å². The summed E-state index contributed by atoms with van der Waals surface area (Å²) in [6, 6.07) is 19.1. The van der Waals surface area contributed by atoms with Crippen LogP contribution in [0.5, 0.6) is 11.5 Å². The van der Waals surface area contributed by atoms with Crippen molar-refractivity contribution in [3.8, 4) is 11.5 Å². The lowest BCUT2D eigenvalue weighted by Crippen LogP contribution is -2.45. The van der Waals surface area contributed by atoms with E-state index in [2.05, 4.69) is 5.32 Å². The molecule has 1 N–H and O–H groups in total. The molecule has 0 bridgehead atoms. The minimum absolute atomic E-state index is 0.0996. The third-order valence-corrected chi connectivity index (χ3v) is 8.84. The van der Waals surface area contributed by atoms with Gasteiger partial charge in [0.05, 0.1) is 23.2 Å². The molecule has 0 saturated carbocycles. The number of sulfonamides is 1. The molecule has 1 unspecified atom stereocenters. The molecule has 38 heavy (non-hydrogen) atoms. The van der Waals surface area contributed by atoms with Gasteiger partial charge in [-0.2, -0.15) is 0 Å². The molecule has 0 spiro atoms. The maximum Gasteiger partial charge on any atom is 0.264 e. The molecule has 0 aromatic heterocycles. The van der Waals surface area contributed by atoms with E-state index in [1.165, 1.54) is 11.8 Å². The van der Waals surface area contributed by atoms with Crippen LogP contribution < -0.4 is 19.1 Å². The zero-order chi connectivity index (χ0) is 27.5. The number of nitrogens with one attached hydrogen (secondary N) is 1. The van der Waals surface area contributed by atoms with Crippen LogP contribution in [0.1, 0.15) is 44.4 Å². The van der Waals surface area contributed by atoms with E-state index in [-0.39, 0.29) is 10.9 Å². The standard InChI is InChI=1S/C29H34N2O5S2/c1-6-35-27-10-8-7-9-25(27)31(38(33,34)22-14-12-21(37-5)13-15-22)19-28(32)30-24-18-29(3,4)36-26-16-11-20(2)17-23(24)26/h7-17,24H,6,18-19H2,1-5H3,(H,30,32). The highest BCUT2D eigenvalue weighted by Crippen LogP contribution is 2.40. The lowest BCUT2D eigenvalue weighted by molar-refractivity contribution is -0.120. The second-order valence-electron chi connectivity index (χ2n) is 9.82. The van der Waals surface area contributed by atoms with Gasteiger partial charge in [0.1, 0.15) is 23.6 Å². The Balaban J connectivity index is 1.69. The molecule has 7 nitrogen and oxygen atoms in total. The molecule has 0 saturated heterocycles. The highest BCUT2D eigenvalue weighted by atomic mass is 32.2. The largest absolute Gasteiger partial charge is 0.492 e. The van der Waals surface area contributed by atoms with Crippen LogP contribution >= 0.6 is 11.8 Å². The van der Waals surface area contributed by atoms with Gasteiger partial charge in [-0.05, 0) is 76.4 Å². The molecule has 1 amide bonds. The number of amides is 1. The molecule has 1 aliphatic heterocycles. The van der Waals surface area contributed by atoms with Gasteiger partial charge in [-0.15, -0.1) is 11.8 Å². The highest BCUT2D eigenvalue weighted by Gasteiger charge is 2.36. The SMILES string of the molecule is CCOc1ccccc1N(CC(=O)NC1CC(C)(C)Oc2ccc(C)cc21)S(=O)(=O)c1ccc(SC)cc1. The van der Waals surface area contributed by atoms with Crippen LogP contribution in [0, 0.1) is 6.92 Å². The molecule has 3 aromatic carbocycles. The van der Waals surface area contributed by atoms with E-state index in [0.717, 1.165) is 26.1 Å². The third-order valence-electron chi connectivity index (χ3n) is 6.33. The fourth-order valence-corrected chi connectivity index (χ4v) is 6.43. The number of aryl methyl sites for hydroxylation is 1. The molecule has 0 aliphatic carbocycles. The summed E-state index contributed by atoms with van der Waals surface area (Å²) >= 11 is 1.52. The number of hydrogen-bond acceptors (Lipinski definition) is 6. The maximum absolute atomic E-state index is 13.9. The second kappa shape index (κ2) is 11.3. The Bertz CT molecular complexity index is 1400. The monoisotopic (exact) mass is 554 g/mol. The number of thioether (sulfide) groups is 1. The summed E-state index contributed by atoms with van der Waals surface area (Å²) < 4.78 is 40.9. The summed E-state index contributed by atoms with van der Waals surface area (Å²) in [7, 11) is -4.09. The molecule has 1 atom stereocenters. The number of nitrogens with zero attached hydrogens (tertiary/aromatic N) is 1.